The molecule has 1 fully saturated rings. The van der Waals surface area contributed by atoms with Gasteiger partial charge in [0.2, 0.25) is 10.0 Å². The van der Waals surface area contributed by atoms with Gasteiger partial charge in [0.1, 0.15) is 0 Å². The lowest BCUT2D eigenvalue weighted by Gasteiger charge is -2.24. The van der Waals surface area contributed by atoms with Gasteiger partial charge in [0.25, 0.3) is 0 Å². The van der Waals surface area contributed by atoms with E-state index in [1.54, 1.807) is 38.4 Å². The van der Waals surface area contributed by atoms with Crippen LogP contribution < -0.4 is 15.4 Å². The molecule has 0 spiro atoms. The average molecular weight is 413 g/mol. The van der Waals surface area contributed by atoms with Crippen LogP contribution in [0.15, 0.2) is 34.2 Å². The Bertz CT molecular complexity index is 742. The summed E-state index contributed by atoms with van der Waals surface area (Å²) in [6, 6.07) is 6.80. The second kappa shape index (κ2) is 10.2. The van der Waals surface area contributed by atoms with E-state index in [2.05, 4.69) is 20.3 Å². The Hall–Kier alpha value is -1.68. The van der Waals surface area contributed by atoms with Crippen molar-refractivity contribution < 1.29 is 17.9 Å². The minimum Gasteiger partial charge on any atom is -0.377 e. The fourth-order valence-corrected chi connectivity index (χ4v) is 3.72. The lowest BCUT2D eigenvalue weighted by Crippen LogP contribution is -2.45. The first kappa shape index (κ1) is 22.6. The van der Waals surface area contributed by atoms with Crippen LogP contribution in [-0.2, 0) is 26.0 Å². The van der Waals surface area contributed by atoms with Crippen molar-refractivity contribution in [3.05, 3.63) is 29.8 Å². The van der Waals surface area contributed by atoms with Gasteiger partial charge in [-0.15, -0.1) is 0 Å². The van der Waals surface area contributed by atoms with Crippen LogP contribution in [0.4, 0.5) is 0 Å². The second-order valence-electron chi connectivity index (χ2n) is 7.37. The van der Waals surface area contributed by atoms with Crippen molar-refractivity contribution in [3.63, 3.8) is 0 Å². The smallest absolute Gasteiger partial charge is 0.240 e. The average Bonchev–Trinajstić information content (AvgIpc) is 3.21. The zero-order chi connectivity index (χ0) is 20.6. The van der Waals surface area contributed by atoms with Gasteiger partial charge in [0.15, 0.2) is 5.96 Å². The maximum absolute atomic E-state index is 12.4. The van der Waals surface area contributed by atoms with E-state index in [9.17, 15) is 8.42 Å². The third-order valence-corrected chi connectivity index (χ3v) is 6.12. The van der Waals surface area contributed by atoms with E-state index in [0.717, 1.165) is 18.4 Å². The largest absolute Gasteiger partial charge is 0.377 e. The molecule has 1 aliphatic rings. The van der Waals surface area contributed by atoms with E-state index in [4.69, 9.17) is 9.47 Å². The molecule has 9 heteroatoms. The monoisotopic (exact) mass is 412 g/mol. The second-order valence-corrected chi connectivity index (χ2v) is 9.14. The molecule has 28 heavy (non-hydrogen) atoms. The molecule has 158 valence electrons. The van der Waals surface area contributed by atoms with Crippen LogP contribution in [0.5, 0.6) is 0 Å². The highest BCUT2D eigenvalue weighted by Crippen LogP contribution is 2.14. The molecule has 0 saturated carbocycles. The molecule has 0 radical (unpaired) electrons. The molecule has 1 heterocycles. The number of hydrogen-bond donors (Lipinski definition) is 3. The summed E-state index contributed by atoms with van der Waals surface area (Å²) < 4.78 is 38.2. The lowest BCUT2D eigenvalue weighted by atomic mass is 10.1. The minimum absolute atomic E-state index is 0.0272. The number of nitrogens with one attached hydrogen (secondary N) is 3. The molecule has 1 aromatic rings. The van der Waals surface area contributed by atoms with E-state index in [-0.39, 0.29) is 16.6 Å². The highest BCUT2D eigenvalue weighted by Gasteiger charge is 2.20. The Morgan fingerprint density at radius 1 is 1.29 bits per heavy atom. The third kappa shape index (κ3) is 7.05. The predicted molar refractivity (Wildman–Crippen MR) is 110 cm³/mol. The van der Waals surface area contributed by atoms with E-state index in [1.807, 2.05) is 13.8 Å². The first-order valence-electron chi connectivity index (χ1n) is 9.45. The zero-order valence-corrected chi connectivity index (χ0v) is 17.9. The number of ether oxygens (including phenoxy) is 2. The first-order chi connectivity index (χ1) is 13.3. The van der Waals surface area contributed by atoms with E-state index in [0.29, 0.717) is 32.2 Å². The Balaban J connectivity index is 1.85. The molecular formula is C19H32N4O4S. The molecule has 2 rings (SSSR count). The number of nitrogens with zero attached hydrogens (tertiary/aromatic N) is 1. The molecule has 3 N–H and O–H groups in total. The number of benzene rings is 1. The lowest BCUT2D eigenvalue weighted by molar-refractivity contribution is 0.0268. The van der Waals surface area contributed by atoms with Gasteiger partial charge in [-0.25, -0.2) is 13.1 Å². The van der Waals surface area contributed by atoms with Gasteiger partial charge in [-0.2, -0.15) is 0 Å². The number of sulfonamides is 1. The summed E-state index contributed by atoms with van der Waals surface area (Å²) in [5.74, 6) is 0.653. The standard InChI is InChI=1S/C19H32N4O4S/c1-19(2,26-4)14-22-18(20-3)21-12-15-7-9-17(10-8-15)28(24,25)23-13-16-6-5-11-27-16/h7-10,16,23H,5-6,11-14H2,1-4H3,(H2,20,21,22). The van der Waals surface area contributed by atoms with Gasteiger partial charge in [0.05, 0.1) is 16.6 Å². The van der Waals surface area contributed by atoms with Gasteiger partial charge in [-0.1, -0.05) is 12.1 Å². The summed E-state index contributed by atoms with van der Waals surface area (Å²) in [6.45, 7) is 6.12. The van der Waals surface area contributed by atoms with Gasteiger partial charge in [-0.05, 0) is 44.4 Å². The van der Waals surface area contributed by atoms with Crippen LogP contribution >= 0.6 is 0 Å². The SMILES string of the molecule is CN=C(NCc1ccc(S(=O)(=O)NCC2CCCO2)cc1)NCC(C)(C)OC. The van der Waals surface area contributed by atoms with Crippen LogP contribution in [0.1, 0.15) is 32.3 Å². The Labute approximate surface area is 168 Å². The van der Waals surface area contributed by atoms with Crippen LogP contribution in [0.3, 0.4) is 0 Å². The molecule has 0 aliphatic carbocycles. The fourth-order valence-electron chi connectivity index (χ4n) is 2.65. The predicted octanol–water partition coefficient (Wildman–Crippen LogP) is 1.23. The summed E-state index contributed by atoms with van der Waals surface area (Å²) >= 11 is 0. The summed E-state index contributed by atoms with van der Waals surface area (Å²) in [5, 5.41) is 6.41. The number of guanidine groups is 1. The van der Waals surface area contributed by atoms with Crippen LogP contribution in [0.2, 0.25) is 0 Å². The molecule has 1 atom stereocenters. The number of aliphatic imine (C=N–C) groups is 1. The molecule has 1 aromatic carbocycles. The molecule has 8 nitrogen and oxygen atoms in total. The van der Waals surface area contributed by atoms with Crippen LogP contribution in [0, 0.1) is 0 Å². The summed E-state index contributed by atoms with van der Waals surface area (Å²) in [4.78, 5) is 4.43. The van der Waals surface area contributed by atoms with E-state index in [1.165, 1.54) is 0 Å². The van der Waals surface area contributed by atoms with E-state index >= 15 is 0 Å². The summed E-state index contributed by atoms with van der Waals surface area (Å²) in [7, 11) is -0.160. The van der Waals surface area contributed by atoms with Gasteiger partial charge in [0, 0.05) is 40.4 Å². The van der Waals surface area contributed by atoms with Crippen LogP contribution in [0.25, 0.3) is 0 Å². The molecule has 1 aliphatic heterocycles. The topological polar surface area (TPSA) is 101 Å². The molecule has 1 saturated heterocycles. The molecule has 0 amide bonds. The Kier molecular flexibility index (Phi) is 8.23. The molecule has 0 aromatic heterocycles. The van der Waals surface area contributed by atoms with Crippen molar-refractivity contribution in [3.8, 4) is 0 Å². The highest BCUT2D eigenvalue weighted by molar-refractivity contribution is 7.89. The van der Waals surface area contributed by atoms with Crippen molar-refractivity contribution in [2.75, 3.05) is 33.9 Å². The maximum atomic E-state index is 12.4. The number of methoxy groups -OCH3 is 1. The van der Waals surface area contributed by atoms with Crippen molar-refractivity contribution in [2.24, 2.45) is 4.99 Å². The minimum atomic E-state index is -3.53. The fraction of sp³-hybridized carbons (Fsp3) is 0.632. The van der Waals surface area contributed by atoms with Gasteiger partial charge >= 0.3 is 0 Å². The molecule has 1 unspecified atom stereocenters. The number of rotatable bonds is 9. The maximum Gasteiger partial charge on any atom is 0.240 e. The number of hydrogen-bond acceptors (Lipinski definition) is 5. The van der Waals surface area contributed by atoms with Crippen LogP contribution in [-0.4, -0.2) is 59.9 Å². The van der Waals surface area contributed by atoms with Gasteiger partial charge < -0.3 is 20.1 Å². The Morgan fingerprint density at radius 3 is 2.57 bits per heavy atom. The van der Waals surface area contributed by atoms with Crippen molar-refractivity contribution in [1.29, 1.82) is 0 Å². The Morgan fingerprint density at radius 2 is 2.00 bits per heavy atom. The van der Waals surface area contributed by atoms with E-state index < -0.39 is 10.0 Å². The highest BCUT2D eigenvalue weighted by atomic mass is 32.2. The van der Waals surface area contributed by atoms with Crippen molar-refractivity contribution in [2.45, 2.75) is 49.8 Å². The third-order valence-electron chi connectivity index (χ3n) is 4.68. The van der Waals surface area contributed by atoms with Crippen molar-refractivity contribution in [1.82, 2.24) is 15.4 Å². The van der Waals surface area contributed by atoms with Gasteiger partial charge in [-0.3, -0.25) is 4.99 Å². The first-order valence-corrected chi connectivity index (χ1v) is 10.9. The zero-order valence-electron chi connectivity index (χ0n) is 17.1. The quantitative estimate of drug-likeness (QED) is 0.417. The van der Waals surface area contributed by atoms with Crippen molar-refractivity contribution >= 4 is 16.0 Å². The normalized spacial score (nSPS) is 18.3. The summed E-state index contributed by atoms with van der Waals surface area (Å²) in [6.07, 6.45) is 1.85. The molecule has 0 bridgehead atoms. The summed E-state index contributed by atoms with van der Waals surface area (Å²) in [5.41, 5.74) is 0.650. The molecular weight excluding hydrogens is 380 g/mol.